The number of nitro benzene ring substituents is 1. The van der Waals surface area contributed by atoms with Crippen LogP contribution in [0.1, 0.15) is 25.7 Å². The highest BCUT2D eigenvalue weighted by molar-refractivity contribution is 5.95. The fourth-order valence-electron chi connectivity index (χ4n) is 2.90. The first-order valence-corrected chi connectivity index (χ1v) is 7.17. The van der Waals surface area contributed by atoms with E-state index in [9.17, 15) is 15.2 Å². The third kappa shape index (κ3) is 2.69. The van der Waals surface area contributed by atoms with Gasteiger partial charge in [-0.1, -0.05) is 24.6 Å². The van der Waals surface area contributed by atoms with Gasteiger partial charge in [-0.25, -0.2) is 0 Å². The van der Waals surface area contributed by atoms with Crippen molar-refractivity contribution in [3.8, 4) is 5.75 Å². The van der Waals surface area contributed by atoms with Gasteiger partial charge in [-0.3, -0.25) is 10.1 Å². The van der Waals surface area contributed by atoms with E-state index in [4.69, 9.17) is 4.74 Å². The lowest BCUT2D eigenvalue weighted by atomic mass is 9.94. The Balaban J connectivity index is 1.99. The van der Waals surface area contributed by atoms with Gasteiger partial charge < -0.3 is 9.84 Å². The van der Waals surface area contributed by atoms with E-state index < -0.39 is 6.10 Å². The Morgan fingerprint density at radius 1 is 1.10 bits per heavy atom. The number of hydrogen-bond acceptors (Lipinski definition) is 4. The van der Waals surface area contributed by atoms with E-state index in [-0.39, 0.29) is 16.7 Å². The molecule has 21 heavy (non-hydrogen) atoms. The van der Waals surface area contributed by atoms with Gasteiger partial charge in [0.15, 0.2) is 0 Å². The molecule has 0 spiro atoms. The van der Waals surface area contributed by atoms with Crippen molar-refractivity contribution in [3.63, 3.8) is 0 Å². The highest BCUT2D eigenvalue weighted by Crippen LogP contribution is 2.34. The van der Waals surface area contributed by atoms with Crippen LogP contribution in [0.4, 0.5) is 5.69 Å². The van der Waals surface area contributed by atoms with Gasteiger partial charge in [0.2, 0.25) is 0 Å². The number of aliphatic hydroxyl groups is 1. The number of non-ortho nitro benzene ring substituents is 1. The number of nitrogens with zero attached hydrogens (tertiary/aromatic N) is 1. The summed E-state index contributed by atoms with van der Waals surface area (Å²) >= 11 is 0. The molecule has 1 saturated carbocycles. The molecule has 3 rings (SSSR count). The Kier molecular flexibility index (Phi) is 3.75. The van der Waals surface area contributed by atoms with Crippen LogP contribution < -0.4 is 4.74 Å². The van der Waals surface area contributed by atoms with Crippen molar-refractivity contribution >= 4 is 16.5 Å². The van der Waals surface area contributed by atoms with Crippen molar-refractivity contribution < 1.29 is 14.8 Å². The summed E-state index contributed by atoms with van der Waals surface area (Å²) in [6.45, 7) is 0. The van der Waals surface area contributed by atoms with Gasteiger partial charge in [0.1, 0.15) is 11.9 Å². The summed E-state index contributed by atoms with van der Waals surface area (Å²) in [6, 6.07) is 10.2. The minimum Gasteiger partial charge on any atom is -0.487 e. The van der Waals surface area contributed by atoms with Crippen LogP contribution in [-0.4, -0.2) is 22.2 Å². The zero-order valence-corrected chi connectivity index (χ0v) is 11.6. The van der Waals surface area contributed by atoms with Crippen LogP contribution in [0.3, 0.4) is 0 Å². The smallest absolute Gasteiger partial charge is 0.277 e. The Morgan fingerprint density at radius 2 is 1.81 bits per heavy atom. The van der Waals surface area contributed by atoms with E-state index in [2.05, 4.69) is 0 Å². The molecular weight excluding hydrogens is 270 g/mol. The second kappa shape index (κ2) is 5.69. The van der Waals surface area contributed by atoms with Crippen molar-refractivity contribution in [3.05, 3.63) is 46.5 Å². The Hall–Kier alpha value is -2.14. The van der Waals surface area contributed by atoms with E-state index in [0.29, 0.717) is 16.5 Å². The highest BCUT2D eigenvalue weighted by atomic mass is 16.6. The Labute approximate surface area is 122 Å². The van der Waals surface area contributed by atoms with Crippen LogP contribution in [0.15, 0.2) is 36.4 Å². The van der Waals surface area contributed by atoms with Crippen molar-refractivity contribution in [2.45, 2.75) is 37.9 Å². The van der Waals surface area contributed by atoms with Crippen LogP contribution in [0.25, 0.3) is 10.8 Å². The van der Waals surface area contributed by atoms with E-state index in [1.54, 1.807) is 18.2 Å². The molecule has 2 unspecified atom stereocenters. The van der Waals surface area contributed by atoms with Crippen molar-refractivity contribution in [1.29, 1.82) is 0 Å². The van der Waals surface area contributed by atoms with Gasteiger partial charge in [-0.2, -0.15) is 0 Å². The van der Waals surface area contributed by atoms with Crippen molar-refractivity contribution in [2.24, 2.45) is 0 Å². The van der Waals surface area contributed by atoms with E-state index in [1.807, 2.05) is 12.1 Å². The first-order chi connectivity index (χ1) is 10.2. The third-order valence-corrected chi connectivity index (χ3v) is 4.00. The van der Waals surface area contributed by atoms with Gasteiger partial charge in [0.25, 0.3) is 5.69 Å². The topological polar surface area (TPSA) is 72.6 Å². The average Bonchev–Trinajstić information content (AvgIpc) is 2.49. The summed E-state index contributed by atoms with van der Waals surface area (Å²) in [6.07, 6.45) is 2.91. The second-order valence-electron chi connectivity index (χ2n) is 5.39. The molecule has 2 aromatic carbocycles. The summed E-state index contributed by atoms with van der Waals surface area (Å²) in [4.78, 5) is 10.7. The minimum atomic E-state index is -0.465. The second-order valence-corrected chi connectivity index (χ2v) is 5.39. The number of aliphatic hydroxyl groups excluding tert-OH is 1. The molecule has 110 valence electrons. The fourth-order valence-corrected chi connectivity index (χ4v) is 2.90. The Morgan fingerprint density at radius 3 is 2.52 bits per heavy atom. The van der Waals surface area contributed by atoms with Crippen LogP contribution in [0, 0.1) is 10.1 Å². The van der Waals surface area contributed by atoms with Crippen LogP contribution >= 0.6 is 0 Å². The SMILES string of the molecule is O=[N+]([O-])c1ccc(OC2CCCCC2O)c2ccccc12. The lowest BCUT2D eigenvalue weighted by Crippen LogP contribution is -2.34. The van der Waals surface area contributed by atoms with Crippen LogP contribution in [-0.2, 0) is 0 Å². The standard InChI is InChI=1S/C16H17NO4/c18-14-7-3-4-8-16(14)21-15-10-9-13(17(19)20)11-5-1-2-6-12(11)15/h1-2,5-6,9-10,14,16,18H,3-4,7-8H2. The molecule has 2 aromatic rings. The molecule has 0 heterocycles. The molecule has 5 nitrogen and oxygen atoms in total. The maximum Gasteiger partial charge on any atom is 0.277 e. The predicted octanol–water partition coefficient (Wildman–Crippen LogP) is 3.43. The van der Waals surface area contributed by atoms with Gasteiger partial charge in [-0.05, 0) is 31.4 Å². The molecular formula is C16H17NO4. The molecule has 0 amide bonds. The van der Waals surface area contributed by atoms with Crippen LogP contribution in [0.5, 0.6) is 5.75 Å². The van der Waals surface area contributed by atoms with Crippen molar-refractivity contribution in [1.82, 2.24) is 0 Å². The van der Waals surface area contributed by atoms with Gasteiger partial charge >= 0.3 is 0 Å². The maximum atomic E-state index is 11.1. The molecule has 0 bridgehead atoms. The molecule has 0 radical (unpaired) electrons. The molecule has 0 aromatic heterocycles. The van der Waals surface area contributed by atoms with E-state index >= 15 is 0 Å². The summed E-state index contributed by atoms with van der Waals surface area (Å²) in [7, 11) is 0. The Bertz CT molecular complexity index is 670. The fraction of sp³-hybridized carbons (Fsp3) is 0.375. The number of rotatable bonds is 3. The van der Waals surface area contributed by atoms with Crippen molar-refractivity contribution in [2.75, 3.05) is 0 Å². The largest absolute Gasteiger partial charge is 0.487 e. The molecule has 2 atom stereocenters. The monoisotopic (exact) mass is 287 g/mol. The maximum absolute atomic E-state index is 11.1. The number of hydrogen-bond donors (Lipinski definition) is 1. The summed E-state index contributed by atoms with van der Waals surface area (Å²) < 4.78 is 5.94. The molecule has 1 N–H and O–H groups in total. The molecule has 0 saturated heterocycles. The van der Waals surface area contributed by atoms with Gasteiger partial charge in [0, 0.05) is 11.5 Å². The highest BCUT2D eigenvalue weighted by Gasteiger charge is 2.26. The summed E-state index contributed by atoms with van der Waals surface area (Å²) in [5.74, 6) is 0.599. The quantitative estimate of drug-likeness (QED) is 0.693. The van der Waals surface area contributed by atoms with E-state index in [1.165, 1.54) is 6.07 Å². The molecule has 1 aliphatic carbocycles. The normalized spacial score (nSPS) is 22.1. The first kappa shape index (κ1) is 13.8. The van der Waals surface area contributed by atoms with Crippen LogP contribution in [0.2, 0.25) is 0 Å². The number of fused-ring (bicyclic) bond motifs is 1. The number of benzene rings is 2. The first-order valence-electron chi connectivity index (χ1n) is 7.17. The number of ether oxygens (including phenoxy) is 1. The molecule has 1 fully saturated rings. The lowest BCUT2D eigenvalue weighted by Gasteiger charge is -2.28. The molecule has 0 aliphatic heterocycles. The third-order valence-electron chi connectivity index (χ3n) is 4.00. The zero-order chi connectivity index (χ0) is 14.8. The molecule has 5 heteroatoms. The lowest BCUT2D eigenvalue weighted by molar-refractivity contribution is -0.383. The van der Waals surface area contributed by atoms with Gasteiger partial charge in [-0.15, -0.1) is 0 Å². The summed E-state index contributed by atoms with van der Waals surface area (Å²) in [5, 5.41) is 22.4. The minimum absolute atomic E-state index is 0.0714. The molecule has 1 aliphatic rings. The summed E-state index contributed by atoms with van der Waals surface area (Å²) in [5.41, 5.74) is 0.0714. The average molecular weight is 287 g/mol. The number of nitro groups is 1. The van der Waals surface area contributed by atoms with E-state index in [0.717, 1.165) is 25.7 Å². The predicted molar refractivity (Wildman–Crippen MR) is 79.5 cm³/mol. The zero-order valence-electron chi connectivity index (χ0n) is 11.6. The van der Waals surface area contributed by atoms with Gasteiger partial charge in [0.05, 0.1) is 16.4 Å².